The van der Waals surface area contributed by atoms with Crippen LogP contribution in [0.1, 0.15) is 35.1 Å². The Hall–Kier alpha value is -3.24. The van der Waals surface area contributed by atoms with E-state index in [0.29, 0.717) is 42.1 Å². The van der Waals surface area contributed by atoms with Gasteiger partial charge in [0.15, 0.2) is 0 Å². The van der Waals surface area contributed by atoms with E-state index in [2.05, 4.69) is 15.6 Å². The van der Waals surface area contributed by atoms with Crippen LogP contribution in [0.25, 0.3) is 11.0 Å². The zero-order valence-electron chi connectivity index (χ0n) is 18.2. The van der Waals surface area contributed by atoms with Crippen LogP contribution in [0, 0.1) is 0 Å². The minimum Gasteiger partial charge on any atom is -0.348 e. The van der Waals surface area contributed by atoms with Crippen LogP contribution < -0.4 is 10.6 Å². The molecule has 168 valence electrons. The van der Waals surface area contributed by atoms with Crippen molar-refractivity contribution in [3.63, 3.8) is 0 Å². The SMILES string of the molecule is CCn1c(CCC(=O)Nc2ccc3c(c2)C(=O)NC3)nc2cc(S(=O)(=O)N(C)C)ccc21. The third-order valence-corrected chi connectivity index (χ3v) is 7.36. The highest BCUT2D eigenvalue weighted by Crippen LogP contribution is 2.23. The molecule has 32 heavy (non-hydrogen) atoms. The van der Waals surface area contributed by atoms with Crippen molar-refractivity contribution < 1.29 is 18.0 Å². The number of benzene rings is 2. The average molecular weight is 456 g/mol. The van der Waals surface area contributed by atoms with Crippen LogP contribution in [0.15, 0.2) is 41.3 Å². The van der Waals surface area contributed by atoms with Crippen LogP contribution in [0.4, 0.5) is 5.69 Å². The molecule has 0 bridgehead atoms. The van der Waals surface area contributed by atoms with E-state index < -0.39 is 10.0 Å². The number of aromatic nitrogens is 2. The summed E-state index contributed by atoms with van der Waals surface area (Å²) in [4.78, 5) is 29.1. The standard InChI is InChI=1S/C22H25N5O4S/c1-4-27-19-8-7-16(32(30,31)26(2)3)12-18(19)25-20(27)9-10-21(28)24-15-6-5-14-13-23-22(29)17(14)11-15/h5-8,11-12H,4,9-10,13H2,1-3H3,(H,23,29)(H,24,28). The molecule has 2 heterocycles. The van der Waals surface area contributed by atoms with Crippen LogP contribution in [-0.4, -0.2) is 48.2 Å². The first-order valence-electron chi connectivity index (χ1n) is 10.3. The van der Waals surface area contributed by atoms with Gasteiger partial charge in [-0.3, -0.25) is 9.59 Å². The summed E-state index contributed by atoms with van der Waals surface area (Å²) in [6.07, 6.45) is 0.602. The minimum atomic E-state index is -3.56. The third kappa shape index (κ3) is 3.98. The Bertz CT molecular complexity index is 1330. The topological polar surface area (TPSA) is 113 Å². The molecule has 0 saturated heterocycles. The van der Waals surface area contributed by atoms with Gasteiger partial charge in [-0.2, -0.15) is 0 Å². The molecule has 0 aliphatic carbocycles. The molecule has 1 aromatic heterocycles. The molecule has 4 rings (SSSR count). The third-order valence-electron chi connectivity index (χ3n) is 5.55. The number of carbonyl (C=O) groups is 2. The molecular formula is C22H25N5O4S. The quantitative estimate of drug-likeness (QED) is 0.567. The molecule has 1 aliphatic heterocycles. The molecule has 9 nitrogen and oxygen atoms in total. The number of amides is 2. The van der Waals surface area contributed by atoms with E-state index in [9.17, 15) is 18.0 Å². The summed E-state index contributed by atoms with van der Waals surface area (Å²) in [5.41, 5.74) is 3.48. The number of fused-ring (bicyclic) bond motifs is 2. The highest BCUT2D eigenvalue weighted by Gasteiger charge is 2.21. The van der Waals surface area contributed by atoms with Gasteiger partial charge in [0.25, 0.3) is 5.91 Å². The zero-order chi connectivity index (χ0) is 23.0. The molecule has 0 unspecified atom stereocenters. The second kappa shape index (κ2) is 8.36. The van der Waals surface area contributed by atoms with Gasteiger partial charge in [-0.15, -0.1) is 0 Å². The lowest BCUT2D eigenvalue weighted by Gasteiger charge is -2.11. The summed E-state index contributed by atoms with van der Waals surface area (Å²) in [5, 5.41) is 5.59. The van der Waals surface area contributed by atoms with E-state index in [4.69, 9.17) is 0 Å². The summed E-state index contributed by atoms with van der Waals surface area (Å²) >= 11 is 0. The maximum Gasteiger partial charge on any atom is 0.251 e. The Kier molecular flexibility index (Phi) is 5.74. The number of imidazole rings is 1. The molecule has 0 atom stereocenters. The van der Waals surface area contributed by atoms with Crippen molar-refractivity contribution in [2.45, 2.75) is 37.8 Å². The van der Waals surface area contributed by atoms with Crippen LogP contribution in [-0.2, 0) is 34.3 Å². The number of nitrogens with zero attached hydrogens (tertiary/aromatic N) is 3. The van der Waals surface area contributed by atoms with Gasteiger partial charge in [-0.25, -0.2) is 17.7 Å². The fourth-order valence-corrected chi connectivity index (χ4v) is 4.74. The average Bonchev–Trinajstić information content (AvgIpc) is 3.31. The van der Waals surface area contributed by atoms with Crippen molar-refractivity contribution in [1.29, 1.82) is 0 Å². The van der Waals surface area contributed by atoms with Crippen molar-refractivity contribution in [1.82, 2.24) is 19.2 Å². The highest BCUT2D eigenvalue weighted by atomic mass is 32.2. The van der Waals surface area contributed by atoms with Gasteiger partial charge in [0, 0.05) is 51.3 Å². The Balaban J connectivity index is 1.51. The Labute approximate surface area is 186 Å². The number of nitrogens with one attached hydrogen (secondary N) is 2. The predicted octanol–water partition coefficient (Wildman–Crippen LogP) is 2.12. The Morgan fingerprint density at radius 2 is 2.00 bits per heavy atom. The fraction of sp³-hybridized carbons (Fsp3) is 0.318. The largest absolute Gasteiger partial charge is 0.348 e. The van der Waals surface area contributed by atoms with Crippen LogP contribution in [0.5, 0.6) is 0 Å². The highest BCUT2D eigenvalue weighted by molar-refractivity contribution is 7.89. The lowest BCUT2D eigenvalue weighted by Crippen LogP contribution is -2.22. The summed E-state index contributed by atoms with van der Waals surface area (Å²) in [5.74, 6) is 0.391. The summed E-state index contributed by atoms with van der Waals surface area (Å²) < 4.78 is 28.0. The van der Waals surface area contributed by atoms with Crippen molar-refractivity contribution in [3.8, 4) is 0 Å². The van der Waals surface area contributed by atoms with E-state index in [1.807, 2.05) is 17.6 Å². The van der Waals surface area contributed by atoms with Crippen LogP contribution >= 0.6 is 0 Å². The predicted molar refractivity (Wildman–Crippen MR) is 121 cm³/mol. The summed E-state index contributed by atoms with van der Waals surface area (Å²) in [6.45, 7) is 3.13. The maximum absolute atomic E-state index is 12.5. The normalized spacial score (nSPS) is 13.4. The molecule has 2 amide bonds. The Morgan fingerprint density at radius 1 is 1.22 bits per heavy atom. The number of aryl methyl sites for hydroxylation is 2. The molecule has 2 N–H and O–H groups in total. The molecule has 1 aliphatic rings. The molecule has 0 radical (unpaired) electrons. The first kappa shape index (κ1) is 22.0. The number of hydrogen-bond donors (Lipinski definition) is 2. The van der Waals surface area contributed by atoms with Gasteiger partial charge in [0.2, 0.25) is 15.9 Å². The van der Waals surface area contributed by atoms with E-state index in [-0.39, 0.29) is 23.1 Å². The monoisotopic (exact) mass is 455 g/mol. The van der Waals surface area contributed by atoms with Gasteiger partial charge in [0.05, 0.1) is 15.9 Å². The molecule has 0 saturated carbocycles. The van der Waals surface area contributed by atoms with Crippen LogP contribution in [0.3, 0.4) is 0 Å². The van der Waals surface area contributed by atoms with Gasteiger partial charge in [0.1, 0.15) is 5.82 Å². The smallest absolute Gasteiger partial charge is 0.251 e. The molecule has 10 heteroatoms. The van der Waals surface area contributed by atoms with E-state index in [1.54, 1.807) is 30.3 Å². The molecule has 3 aromatic rings. The van der Waals surface area contributed by atoms with E-state index in [0.717, 1.165) is 11.1 Å². The van der Waals surface area contributed by atoms with E-state index in [1.165, 1.54) is 18.4 Å². The van der Waals surface area contributed by atoms with Gasteiger partial charge in [-0.05, 0) is 42.8 Å². The lowest BCUT2D eigenvalue weighted by molar-refractivity contribution is -0.116. The molecular weight excluding hydrogens is 430 g/mol. The number of anilines is 1. The minimum absolute atomic E-state index is 0.136. The number of carbonyl (C=O) groups excluding carboxylic acids is 2. The summed E-state index contributed by atoms with van der Waals surface area (Å²) in [6, 6.07) is 10.2. The Morgan fingerprint density at radius 3 is 2.72 bits per heavy atom. The molecule has 0 fully saturated rings. The van der Waals surface area contributed by atoms with Crippen molar-refractivity contribution in [2.75, 3.05) is 19.4 Å². The van der Waals surface area contributed by atoms with Gasteiger partial charge < -0.3 is 15.2 Å². The van der Waals surface area contributed by atoms with Crippen LogP contribution in [0.2, 0.25) is 0 Å². The fourth-order valence-electron chi connectivity index (χ4n) is 3.81. The molecule has 2 aromatic carbocycles. The lowest BCUT2D eigenvalue weighted by atomic mass is 10.1. The van der Waals surface area contributed by atoms with E-state index >= 15 is 0 Å². The zero-order valence-corrected chi connectivity index (χ0v) is 19.0. The second-order valence-electron chi connectivity index (χ2n) is 7.81. The number of hydrogen-bond acceptors (Lipinski definition) is 5. The van der Waals surface area contributed by atoms with Crippen molar-refractivity contribution >= 4 is 38.6 Å². The first-order chi connectivity index (χ1) is 15.2. The maximum atomic E-state index is 12.5. The second-order valence-corrected chi connectivity index (χ2v) is 9.96. The molecule has 0 spiro atoms. The summed E-state index contributed by atoms with van der Waals surface area (Å²) in [7, 11) is -0.580. The van der Waals surface area contributed by atoms with Gasteiger partial charge >= 0.3 is 0 Å². The number of rotatable bonds is 7. The van der Waals surface area contributed by atoms with Crippen molar-refractivity contribution in [2.24, 2.45) is 0 Å². The van der Waals surface area contributed by atoms with Gasteiger partial charge in [-0.1, -0.05) is 6.07 Å². The van der Waals surface area contributed by atoms with Crippen molar-refractivity contribution in [3.05, 3.63) is 53.3 Å². The first-order valence-corrected chi connectivity index (χ1v) is 11.8. The number of sulfonamides is 1.